The molecule has 2 amide bonds. The van der Waals surface area contributed by atoms with Gasteiger partial charge in [0.05, 0.1) is 18.7 Å². The van der Waals surface area contributed by atoms with Gasteiger partial charge in [-0.25, -0.2) is 9.59 Å². The SMILES string of the molecule is COC(=O)C1=C(C)N(CC(C)C)C(=O)NC1c1ccc(Br)cc1. The molecule has 1 N–H and O–H groups in total. The first-order valence-electron chi connectivity index (χ1n) is 7.47. The van der Waals surface area contributed by atoms with Crippen LogP contribution in [0.15, 0.2) is 40.0 Å². The number of urea groups is 1. The Bertz CT molecular complexity index is 638. The molecule has 0 saturated heterocycles. The number of rotatable bonds is 4. The number of carbonyl (C=O) groups excluding carboxylic acids is 2. The number of amides is 2. The molecule has 1 heterocycles. The molecule has 0 saturated carbocycles. The summed E-state index contributed by atoms with van der Waals surface area (Å²) in [7, 11) is 1.35. The highest BCUT2D eigenvalue weighted by molar-refractivity contribution is 9.10. The Balaban J connectivity index is 2.50. The maximum atomic E-state index is 12.5. The van der Waals surface area contributed by atoms with Crippen molar-refractivity contribution < 1.29 is 14.3 Å². The van der Waals surface area contributed by atoms with E-state index in [0.29, 0.717) is 23.7 Å². The monoisotopic (exact) mass is 380 g/mol. The van der Waals surface area contributed by atoms with E-state index in [9.17, 15) is 9.59 Å². The van der Waals surface area contributed by atoms with Gasteiger partial charge in [0.15, 0.2) is 0 Å². The minimum absolute atomic E-state index is 0.197. The maximum Gasteiger partial charge on any atom is 0.337 e. The zero-order valence-corrected chi connectivity index (χ0v) is 15.3. The summed E-state index contributed by atoms with van der Waals surface area (Å²) in [5, 5.41) is 2.92. The number of nitrogens with zero attached hydrogens (tertiary/aromatic N) is 1. The minimum Gasteiger partial charge on any atom is -0.466 e. The Labute approximate surface area is 144 Å². The van der Waals surface area contributed by atoms with Crippen LogP contribution in [0, 0.1) is 5.92 Å². The molecule has 0 radical (unpaired) electrons. The van der Waals surface area contributed by atoms with Crippen molar-refractivity contribution in [2.45, 2.75) is 26.8 Å². The fraction of sp³-hybridized carbons (Fsp3) is 0.412. The molecule has 5 nitrogen and oxygen atoms in total. The van der Waals surface area contributed by atoms with Gasteiger partial charge in [0.25, 0.3) is 0 Å². The molecule has 6 heteroatoms. The second-order valence-corrected chi connectivity index (χ2v) is 6.84. The van der Waals surface area contributed by atoms with E-state index in [1.807, 2.05) is 38.1 Å². The normalized spacial score (nSPS) is 18.3. The first-order chi connectivity index (χ1) is 10.8. The number of benzene rings is 1. The lowest BCUT2D eigenvalue weighted by Crippen LogP contribution is -2.49. The predicted molar refractivity (Wildman–Crippen MR) is 91.7 cm³/mol. The lowest BCUT2D eigenvalue weighted by Gasteiger charge is -2.36. The van der Waals surface area contributed by atoms with Crippen LogP contribution in [0.1, 0.15) is 32.4 Å². The Kier molecular flexibility index (Phi) is 5.46. The molecule has 0 bridgehead atoms. The Morgan fingerprint density at radius 2 is 1.96 bits per heavy atom. The van der Waals surface area contributed by atoms with Gasteiger partial charge < -0.3 is 10.1 Å². The molecule has 1 aromatic carbocycles. The van der Waals surface area contributed by atoms with Crippen LogP contribution in [-0.4, -0.2) is 30.6 Å². The highest BCUT2D eigenvalue weighted by Gasteiger charge is 2.36. The number of carbonyl (C=O) groups is 2. The van der Waals surface area contributed by atoms with Crippen molar-refractivity contribution in [1.82, 2.24) is 10.2 Å². The average molecular weight is 381 g/mol. The van der Waals surface area contributed by atoms with Crippen molar-refractivity contribution in [1.29, 1.82) is 0 Å². The Morgan fingerprint density at radius 1 is 1.35 bits per heavy atom. The van der Waals surface area contributed by atoms with E-state index in [-0.39, 0.29) is 6.03 Å². The van der Waals surface area contributed by atoms with Gasteiger partial charge >= 0.3 is 12.0 Å². The molecule has 23 heavy (non-hydrogen) atoms. The molecule has 2 rings (SSSR count). The Hall–Kier alpha value is -1.82. The summed E-state index contributed by atoms with van der Waals surface area (Å²) < 4.78 is 5.88. The van der Waals surface area contributed by atoms with Gasteiger partial charge in [-0.05, 0) is 30.5 Å². The lowest BCUT2D eigenvalue weighted by atomic mass is 9.94. The molecule has 0 aromatic heterocycles. The quantitative estimate of drug-likeness (QED) is 0.811. The standard InChI is InChI=1S/C17H21BrN2O3/c1-10(2)9-20-11(3)14(16(21)23-4)15(19-17(20)22)12-5-7-13(18)8-6-12/h5-8,10,15H,9H2,1-4H3,(H,19,22). The fourth-order valence-corrected chi connectivity index (χ4v) is 2.91. The van der Waals surface area contributed by atoms with Gasteiger partial charge in [-0.1, -0.05) is 41.9 Å². The van der Waals surface area contributed by atoms with Crippen molar-refractivity contribution in [2.24, 2.45) is 5.92 Å². The van der Waals surface area contributed by atoms with E-state index in [1.54, 1.807) is 11.8 Å². The van der Waals surface area contributed by atoms with Crippen LogP contribution in [0.25, 0.3) is 0 Å². The summed E-state index contributed by atoms with van der Waals surface area (Å²) in [4.78, 5) is 26.4. The lowest BCUT2D eigenvalue weighted by molar-refractivity contribution is -0.136. The van der Waals surface area contributed by atoms with Crippen molar-refractivity contribution in [2.75, 3.05) is 13.7 Å². The fourth-order valence-electron chi connectivity index (χ4n) is 2.65. The minimum atomic E-state index is -0.508. The topological polar surface area (TPSA) is 58.6 Å². The highest BCUT2D eigenvalue weighted by atomic mass is 79.9. The summed E-state index contributed by atoms with van der Waals surface area (Å²) in [6.07, 6.45) is 0. The van der Waals surface area contributed by atoms with Gasteiger partial charge in [-0.2, -0.15) is 0 Å². The number of ether oxygens (including phenoxy) is 1. The van der Waals surface area contributed by atoms with E-state index in [1.165, 1.54) is 7.11 Å². The predicted octanol–water partition coefficient (Wildman–Crippen LogP) is 3.62. The van der Waals surface area contributed by atoms with Crippen LogP contribution in [-0.2, 0) is 9.53 Å². The number of hydrogen-bond donors (Lipinski definition) is 1. The number of methoxy groups -OCH3 is 1. The summed E-state index contributed by atoms with van der Waals surface area (Å²) in [5.74, 6) is -0.136. The van der Waals surface area contributed by atoms with Crippen LogP contribution >= 0.6 is 15.9 Å². The molecule has 1 aliphatic rings. The summed E-state index contributed by atoms with van der Waals surface area (Å²) >= 11 is 3.39. The van der Waals surface area contributed by atoms with E-state index >= 15 is 0 Å². The maximum absolute atomic E-state index is 12.5. The van der Waals surface area contributed by atoms with E-state index < -0.39 is 12.0 Å². The number of nitrogens with one attached hydrogen (secondary N) is 1. The van der Waals surface area contributed by atoms with Gasteiger partial charge in [-0.3, -0.25) is 4.90 Å². The third kappa shape index (κ3) is 3.75. The van der Waals surface area contributed by atoms with Gasteiger partial charge in [-0.15, -0.1) is 0 Å². The molecule has 1 atom stereocenters. The molecule has 0 aliphatic carbocycles. The number of allylic oxidation sites excluding steroid dienone is 1. The zero-order valence-electron chi connectivity index (χ0n) is 13.7. The van der Waals surface area contributed by atoms with Crippen LogP contribution in [0.4, 0.5) is 4.79 Å². The first-order valence-corrected chi connectivity index (χ1v) is 8.27. The van der Waals surface area contributed by atoms with E-state index in [2.05, 4.69) is 21.2 Å². The smallest absolute Gasteiger partial charge is 0.337 e. The third-order valence-electron chi connectivity index (χ3n) is 3.75. The number of esters is 1. The average Bonchev–Trinajstić information content (AvgIpc) is 2.51. The number of halogens is 1. The van der Waals surface area contributed by atoms with E-state index in [4.69, 9.17) is 4.74 Å². The van der Waals surface area contributed by atoms with E-state index in [0.717, 1.165) is 10.0 Å². The van der Waals surface area contributed by atoms with Crippen LogP contribution in [0.3, 0.4) is 0 Å². The van der Waals surface area contributed by atoms with Gasteiger partial charge in [0.2, 0.25) is 0 Å². The van der Waals surface area contributed by atoms with Gasteiger partial charge in [0, 0.05) is 16.7 Å². The third-order valence-corrected chi connectivity index (χ3v) is 4.28. The molecule has 1 aliphatic heterocycles. The van der Waals surface area contributed by atoms with Gasteiger partial charge in [0.1, 0.15) is 0 Å². The summed E-state index contributed by atoms with van der Waals surface area (Å²) in [6.45, 7) is 6.39. The van der Waals surface area contributed by atoms with Crippen LogP contribution < -0.4 is 5.32 Å². The Morgan fingerprint density at radius 3 is 2.48 bits per heavy atom. The zero-order chi connectivity index (χ0) is 17.1. The highest BCUT2D eigenvalue weighted by Crippen LogP contribution is 2.32. The first kappa shape index (κ1) is 17.5. The van der Waals surface area contributed by atoms with Crippen molar-refractivity contribution >= 4 is 27.9 Å². The second kappa shape index (κ2) is 7.17. The molecular weight excluding hydrogens is 360 g/mol. The molecule has 1 unspecified atom stereocenters. The molecular formula is C17H21BrN2O3. The van der Waals surface area contributed by atoms with Crippen molar-refractivity contribution in [3.63, 3.8) is 0 Å². The van der Waals surface area contributed by atoms with Crippen molar-refractivity contribution in [3.05, 3.63) is 45.6 Å². The number of hydrogen-bond acceptors (Lipinski definition) is 3. The summed E-state index contributed by atoms with van der Waals surface area (Å²) in [6, 6.07) is 6.81. The van der Waals surface area contributed by atoms with Crippen LogP contribution in [0.5, 0.6) is 0 Å². The molecule has 0 spiro atoms. The molecule has 124 valence electrons. The second-order valence-electron chi connectivity index (χ2n) is 5.93. The van der Waals surface area contributed by atoms with Crippen molar-refractivity contribution in [3.8, 4) is 0 Å². The summed E-state index contributed by atoms with van der Waals surface area (Å²) in [5.41, 5.74) is 1.95. The molecule has 1 aromatic rings. The van der Waals surface area contributed by atoms with Crippen LogP contribution in [0.2, 0.25) is 0 Å². The largest absolute Gasteiger partial charge is 0.466 e. The molecule has 0 fully saturated rings.